The van der Waals surface area contributed by atoms with Crippen molar-refractivity contribution in [3.05, 3.63) is 0 Å². The fraction of sp³-hybridized carbons (Fsp3) is 0.692. The van der Waals surface area contributed by atoms with Crippen molar-refractivity contribution in [2.24, 2.45) is 17.6 Å². The third-order valence-corrected chi connectivity index (χ3v) is 4.07. The first-order chi connectivity index (χ1) is 10.5. The first kappa shape index (κ1) is 16.6. The van der Waals surface area contributed by atoms with Crippen LogP contribution in [-0.2, 0) is 19.2 Å². The highest BCUT2D eigenvalue weighted by molar-refractivity contribution is 7.80. The van der Waals surface area contributed by atoms with Crippen LogP contribution in [0.15, 0.2) is 0 Å². The first-order valence-corrected chi connectivity index (χ1v) is 7.74. The van der Waals surface area contributed by atoms with Crippen LogP contribution in [-0.4, -0.2) is 34.5 Å². The zero-order valence-corrected chi connectivity index (χ0v) is 13.0. The second-order valence-corrected chi connectivity index (χ2v) is 6.02. The van der Waals surface area contributed by atoms with Crippen LogP contribution in [0, 0.1) is 11.8 Å². The summed E-state index contributed by atoms with van der Waals surface area (Å²) < 4.78 is 0. The number of hydrazine groups is 1. The average molecular weight is 328 g/mol. The summed E-state index contributed by atoms with van der Waals surface area (Å²) >= 11 is 4.69. The Balaban J connectivity index is 1.72. The molecule has 0 aromatic rings. The summed E-state index contributed by atoms with van der Waals surface area (Å²) in [6.45, 7) is 0.711. The van der Waals surface area contributed by atoms with Crippen LogP contribution in [0.5, 0.6) is 0 Å². The van der Waals surface area contributed by atoms with Gasteiger partial charge < -0.3 is 10.6 Å². The number of nitrogens with zero attached hydrogens (tertiary/aromatic N) is 1. The van der Waals surface area contributed by atoms with Gasteiger partial charge in [0.2, 0.25) is 0 Å². The molecular formula is C13H20N4O4S. The van der Waals surface area contributed by atoms with Gasteiger partial charge in [0.05, 0.1) is 5.92 Å². The van der Waals surface area contributed by atoms with Crippen molar-refractivity contribution in [3.63, 3.8) is 0 Å². The van der Waals surface area contributed by atoms with Crippen LogP contribution in [0.1, 0.15) is 38.5 Å². The van der Waals surface area contributed by atoms with E-state index in [2.05, 4.69) is 23.1 Å². The van der Waals surface area contributed by atoms with E-state index in [9.17, 15) is 14.4 Å². The minimum absolute atomic E-state index is 0.112. The van der Waals surface area contributed by atoms with Crippen molar-refractivity contribution in [1.29, 1.82) is 0 Å². The van der Waals surface area contributed by atoms with E-state index in [1.54, 1.807) is 0 Å². The second-order valence-electron chi connectivity index (χ2n) is 5.58. The largest absolute Gasteiger partial charge is 0.375 e. The van der Waals surface area contributed by atoms with E-state index in [1.807, 2.05) is 0 Å². The van der Waals surface area contributed by atoms with Crippen molar-refractivity contribution in [2.75, 3.05) is 6.54 Å². The molecule has 0 atom stereocenters. The molecule has 2 amide bonds. The number of thiocarbonyl (C=S) groups is 1. The van der Waals surface area contributed by atoms with Crippen molar-refractivity contribution < 1.29 is 19.2 Å². The third-order valence-electron chi connectivity index (χ3n) is 3.97. The Morgan fingerprint density at radius 1 is 1.23 bits per heavy atom. The number of hydrogen-bond donors (Lipinski definition) is 3. The summed E-state index contributed by atoms with van der Waals surface area (Å²) in [5.41, 5.74) is 10.9. The molecule has 2 rings (SSSR count). The van der Waals surface area contributed by atoms with Crippen molar-refractivity contribution in [1.82, 2.24) is 15.9 Å². The van der Waals surface area contributed by atoms with Gasteiger partial charge in [-0.3, -0.25) is 15.0 Å². The normalized spacial score (nSPS) is 25.2. The van der Waals surface area contributed by atoms with Crippen LogP contribution in [0.2, 0.25) is 0 Å². The van der Waals surface area contributed by atoms with Gasteiger partial charge >= 0.3 is 5.97 Å². The maximum Gasteiger partial charge on any atom is 0.336 e. The molecule has 9 heteroatoms. The topological polar surface area (TPSA) is 114 Å². The zero-order chi connectivity index (χ0) is 16.1. The molecule has 1 aliphatic heterocycles. The lowest BCUT2D eigenvalue weighted by molar-refractivity contribution is -0.201. The molecular weight excluding hydrogens is 308 g/mol. The van der Waals surface area contributed by atoms with Gasteiger partial charge in [-0.2, -0.15) is 0 Å². The van der Waals surface area contributed by atoms with Gasteiger partial charge in [-0.1, -0.05) is 0 Å². The Bertz CT molecular complexity index is 461. The third kappa shape index (κ3) is 4.38. The van der Waals surface area contributed by atoms with Gasteiger partial charge in [-0.05, 0) is 43.8 Å². The molecule has 0 unspecified atom stereocenters. The number of nitrogens with two attached hydrogens (primary N) is 1. The molecule has 122 valence electrons. The van der Waals surface area contributed by atoms with Crippen LogP contribution in [0.3, 0.4) is 0 Å². The Morgan fingerprint density at radius 2 is 1.82 bits per heavy atom. The zero-order valence-electron chi connectivity index (χ0n) is 12.2. The number of carbonyl (C=O) groups is 3. The van der Waals surface area contributed by atoms with Crippen LogP contribution in [0.4, 0.5) is 0 Å². The maximum atomic E-state index is 12.0. The van der Waals surface area contributed by atoms with Crippen molar-refractivity contribution in [3.8, 4) is 0 Å². The summed E-state index contributed by atoms with van der Waals surface area (Å²) in [4.78, 5) is 39.8. The minimum atomic E-state index is -0.490. The van der Waals surface area contributed by atoms with E-state index < -0.39 is 17.8 Å². The van der Waals surface area contributed by atoms with Crippen molar-refractivity contribution in [2.45, 2.75) is 38.5 Å². The summed E-state index contributed by atoms with van der Waals surface area (Å²) in [6, 6.07) is 0. The highest BCUT2D eigenvalue weighted by atomic mass is 32.1. The lowest BCUT2D eigenvalue weighted by Gasteiger charge is -2.28. The Morgan fingerprint density at radius 3 is 2.36 bits per heavy atom. The fourth-order valence-electron chi connectivity index (χ4n) is 2.71. The highest BCUT2D eigenvalue weighted by Crippen LogP contribution is 2.29. The van der Waals surface area contributed by atoms with Gasteiger partial charge in [-0.25, -0.2) is 10.2 Å². The van der Waals surface area contributed by atoms with Gasteiger partial charge in [-0.15, -0.1) is 5.06 Å². The van der Waals surface area contributed by atoms with Crippen LogP contribution < -0.4 is 16.6 Å². The van der Waals surface area contributed by atoms with Crippen molar-refractivity contribution >= 4 is 35.1 Å². The smallest absolute Gasteiger partial charge is 0.336 e. The quantitative estimate of drug-likeness (QED) is 0.359. The Labute approximate surface area is 133 Å². The first-order valence-electron chi connectivity index (χ1n) is 7.33. The summed E-state index contributed by atoms with van der Waals surface area (Å²) in [5.74, 6) is -1.22. The SMILES string of the molecule is NC(=S)NNCC1CCC(C(=O)ON2C(=O)CCC2=O)CC1. The number of hydroxylamine groups is 2. The van der Waals surface area contributed by atoms with E-state index in [0.717, 1.165) is 12.8 Å². The van der Waals surface area contributed by atoms with Crippen LogP contribution >= 0.6 is 12.2 Å². The standard InChI is InChI=1S/C13H20N4O4S/c14-13(22)16-15-7-8-1-3-9(4-2-8)12(20)21-17-10(18)5-6-11(17)19/h8-9,15H,1-7H2,(H3,14,16,22). The number of carbonyl (C=O) groups excluding carboxylic acids is 3. The number of nitrogens with one attached hydrogen (secondary N) is 2. The molecule has 4 N–H and O–H groups in total. The molecule has 0 spiro atoms. The lowest BCUT2D eigenvalue weighted by Crippen LogP contribution is -2.43. The molecule has 22 heavy (non-hydrogen) atoms. The summed E-state index contributed by atoms with van der Waals surface area (Å²) in [6.07, 6.45) is 3.28. The average Bonchev–Trinajstić information content (AvgIpc) is 2.79. The summed E-state index contributed by atoms with van der Waals surface area (Å²) in [7, 11) is 0. The van der Waals surface area contributed by atoms with Gasteiger partial charge in [0, 0.05) is 19.4 Å². The monoisotopic (exact) mass is 328 g/mol. The second kappa shape index (κ2) is 7.50. The predicted octanol–water partition coefficient (Wildman–Crippen LogP) is -0.262. The van der Waals surface area contributed by atoms with E-state index in [1.165, 1.54) is 0 Å². The Hall–Kier alpha value is -1.74. The molecule has 0 bridgehead atoms. The number of rotatable bonds is 5. The molecule has 2 aliphatic rings. The van der Waals surface area contributed by atoms with Gasteiger partial charge in [0.15, 0.2) is 5.11 Å². The molecule has 0 radical (unpaired) electrons. The molecule has 1 aliphatic carbocycles. The molecule has 2 fully saturated rings. The van der Waals surface area contributed by atoms with E-state index >= 15 is 0 Å². The van der Waals surface area contributed by atoms with E-state index in [0.29, 0.717) is 30.4 Å². The minimum Gasteiger partial charge on any atom is -0.375 e. The highest BCUT2D eigenvalue weighted by Gasteiger charge is 2.35. The number of imide groups is 1. The molecule has 0 aromatic carbocycles. The van der Waals surface area contributed by atoms with Gasteiger partial charge in [0.1, 0.15) is 0 Å². The summed E-state index contributed by atoms with van der Waals surface area (Å²) in [5, 5.41) is 0.805. The Kier molecular flexibility index (Phi) is 5.67. The predicted molar refractivity (Wildman–Crippen MR) is 80.6 cm³/mol. The van der Waals surface area contributed by atoms with E-state index in [-0.39, 0.29) is 23.9 Å². The number of hydrogen-bond acceptors (Lipinski definition) is 6. The number of amides is 2. The molecule has 1 heterocycles. The molecule has 0 aromatic heterocycles. The fourth-order valence-corrected chi connectivity index (χ4v) is 2.78. The molecule has 1 saturated carbocycles. The lowest BCUT2D eigenvalue weighted by atomic mass is 9.82. The van der Waals surface area contributed by atoms with Crippen LogP contribution in [0.25, 0.3) is 0 Å². The van der Waals surface area contributed by atoms with E-state index in [4.69, 9.17) is 10.6 Å². The molecule has 8 nitrogen and oxygen atoms in total. The van der Waals surface area contributed by atoms with Gasteiger partial charge in [0.25, 0.3) is 11.8 Å². The molecule has 1 saturated heterocycles. The maximum absolute atomic E-state index is 12.0.